The lowest BCUT2D eigenvalue weighted by Gasteiger charge is -2.25. The van der Waals surface area contributed by atoms with Crippen LogP contribution in [0.15, 0.2) is 78.4 Å². The summed E-state index contributed by atoms with van der Waals surface area (Å²) in [4.78, 5) is 27.5. The molecule has 4 rings (SSSR count). The minimum atomic E-state index is -0.890. The summed E-state index contributed by atoms with van der Waals surface area (Å²) in [5.74, 6) is -1.19. The van der Waals surface area contributed by atoms with Crippen molar-refractivity contribution < 1.29 is 24.5 Å². The first kappa shape index (κ1) is 22.4. The molecule has 1 aliphatic heterocycles. The van der Waals surface area contributed by atoms with Gasteiger partial charge >= 0.3 is 0 Å². The van der Waals surface area contributed by atoms with Gasteiger partial charge in [-0.05, 0) is 80.1 Å². The second-order valence-electron chi connectivity index (χ2n) is 7.93. The van der Waals surface area contributed by atoms with Gasteiger partial charge in [0.2, 0.25) is 0 Å². The predicted octanol–water partition coefficient (Wildman–Crippen LogP) is 5.46. The molecule has 7 heteroatoms. The van der Waals surface area contributed by atoms with Crippen molar-refractivity contribution in [1.29, 1.82) is 0 Å². The number of carbonyl (C=O) groups excluding carboxylic acids is 2. The van der Waals surface area contributed by atoms with Crippen LogP contribution >= 0.6 is 11.6 Å². The first-order chi connectivity index (χ1) is 15.8. The number of ether oxygens (including phenoxy) is 1. The van der Waals surface area contributed by atoms with Crippen LogP contribution in [0.25, 0.3) is 5.76 Å². The molecule has 0 radical (unpaired) electrons. The number of phenolic OH excluding ortho intramolecular Hbond substituents is 1. The number of anilines is 1. The molecule has 33 heavy (non-hydrogen) atoms. The molecule has 1 unspecified atom stereocenters. The maximum Gasteiger partial charge on any atom is 0.300 e. The molecule has 1 heterocycles. The average molecular weight is 464 g/mol. The summed E-state index contributed by atoms with van der Waals surface area (Å²) in [6.07, 6.45) is -0.0105. The number of amides is 1. The molecule has 2 N–H and O–H groups in total. The van der Waals surface area contributed by atoms with Crippen molar-refractivity contribution in [3.63, 3.8) is 0 Å². The van der Waals surface area contributed by atoms with Crippen molar-refractivity contribution in [1.82, 2.24) is 0 Å². The highest BCUT2D eigenvalue weighted by molar-refractivity contribution is 6.51. The second kappa shape index (κ2) is 9.00. The van der Waals surface area contributed by atoms with Gasteiger partial charge in [-0.3, -0.25) is 14.5 Å². The lowest BCUT2D eigenvalue weighted by molar-refractivity contribution is -0.132. The number of aromatic hydroxyl groups is 1. The van der Waals surface area contributed by atoms with E-state index in [2.05, 4.69) is 0 Å². The van der Waals surface area contributed by atoms with Gasteiger partial charge in [-0.1, -0.05) is 23.7 Å². The van der Waals surface area contributed by atoms with Gasteiger partial charge in [-0.25, -0.2) is 0 Å². The van der Waals surface area contributed by atoms with Gasteiger partial charge < -0.3 is 14.9 Å². The molecule has 0 aliphatic carbocycles. The predicted molar refractivity (Wildman–Crippen MR) is 127 cm³/mol. The standard InChI is InChI=1S/C26H22ClNO5/c1-15(2)33-21-13-5-17(6-14-21)24(30)22-23(16-3-11-20(29)12-4-16)28(26(32)25(22)31)19-9-7-18(27)8-10-19/h3-15,23,29-30H,1-2H3/b24-22+. The van der Waals surface area contributed by atoms with E-state index in [-0.39, 0.29) is 23.2 Å². The number of aliphatic hydroxyl groups is 1. The fraction of sp³-hybridized carbons (Fsp3) is 0.154. The number of nitrogens with zero attached hydrogens (tertiary/aromatic N) is 1. The molecule has 6 nitrogen and oxygen atoms in total. The molecule has 1 saturated heterocycles. The van der Waals surface area contributed by atoms with E-state index in [9.17, 15) is 19.8 Å². The summed E-state index contributed by atoms with van der Waals surface area (Å²) in [7, 11) is 0. The van der Waals surface area contributed by atoms with Crippen LogP contribution in [0, 0.1) is 0 Å². The summed E-state index contributed by atoms with van der Waals surface area (Å²) in [5, 5.41) is 21.4. The number of Topliss-reactive ketones (excluding diaryl/α,β-unsaturated/α-hetero) is 1. The minimum Gasteiger partial charge on any atom is -0.508 e. The topological polar surface area (TPSA) is 87.1 Å². The van der Waals surface area contributed by atoms with Gasteiger partial charge in [0.15, 0.2) is 0 Å². The van der Waals surface area contributed by atoms with Crippen LogP contribution in [-0.2, 0) is 9.59 Å². The van der Waals surface area contributed by atoms with E-state index in [1.807, 2.05) is 13.8 Å². The van der Waals surface area contributed by atoms with Crippen molar-refractivity contribution in [3.05, 3.63) is 94.5 Å². The van der Waals surface area contributed by atoms with Crippen LogP contribution in [0.3, 0.4) is 0 Å². The first-order valence-electron chi connectivity index (χ1n) is 10.4. The number of benzene rings is 3. The monoisotopic (exact) mass is 463 g/mol. The molecule has 0 saturated carbocycles. The van der Waals surface area contributed by atoms with E-state index in [4.69, 9.17) is 16.3 Å². The Bertz CT molecular complexity index is 1220. The molecule has 1 fully saturated rings. The Labute approximate surface area is 196 Å². The van der Waals surface area contributed by atoms with E-state index in [0.717, 1.165) is 0 Å². The molecular weight excluding hydrogens is 442 g/mol. The lowest BCUT2D eigenvalue weighted by Crippen LogP contribution is -2.29. The Morgan fingerprint density at radius 2 is 1.55 bits per heavy atom. The third-order valence-electron chi connectivity index (χ3n) is 5.26. The number of hydrogen-bond donors (Lipinski definition) is 2. The highest BCUT2D eigenvalue weighted by Gasteiger charge is 2.46. The molecule has 0 spiro atoms. The highest BCUT2D eigenvalue weighted by Crippen LogP contribution is 2.42. The fourth-order valence-corrected chi connectivity index (χ4v) is 3.92. The zero-order valence-electron chi connectivity index (χ0n) is 18.0. The highest BCUT2D eigenvalue weighted by atomic mass is 35.5. The normalized spacial score (nSPS) is 17.6. The van der Waals surface area contributed by atoms with Gasteiger partial charge in [0.25, 0.3) is 11.7 Å². The first-order valence-corrected chi connectivity index (χ1v) is 10.8. The summed E-state index contributed by atoms with van der Waals surface area (Å²) >= 11 is 6.00. The van der Waals surface area contributed by atoms with E-state index in [1.54, 1.807) is 60.7 Å². The van der Waals surface area contributed by atoms with Crippen LogP contribution in [-0.4, -0.2) is 28.0 Å². The summed E-state index contributed by atoms with van der Waals surface area (Å²) in [6.45, 7) is 3.81. The number of phenols is 1. The van der Waals surface area contributed by atoms with Crippen LogP contribution < -0.4 is 9.64 Å². The third-order valence-corrected chi connectivity index (χ3v) is 5.51. The number of hydrogen-bond acceptors (Lipinski definition) is 5. The Balaban J connectivity index is 1.85. The van der Waals surface area contributed by atoms with Crippen LogP contribution in [0.5, 0.6) is 11.5 Å². The van der Waals surface area contributed by atoms with E-state index < -0.39 is 17.7 Å². The Morgan fingerprint density at radius 3 is 2.12 bits per heavy atom. The minimum absolute atomic E-state index is 0.0105. The number of aliphatic hydroxyl groups excluding tert-OH is 1. The number of carbonyl (C=O) groups is 2. The van der Waals surface area contributed by atoms with E-state index in [1.165, 1.54) is 17.0 Å². The number of rotatable bonds is 5. The van der Waals surface area contributed by atoms with Crippen molar-refractivity contribution in [2.24, 2.45) is 0 Å². The number of ketones is 1. The van der Waals surface area contributed by atoms with Crippen LogP contribution in [0.4, 0.5) is 5.69 Å². The largest absolute Gasteiger partial charge is 0.508 e. The SMILES string of the molecule is CC(C)Oc1ccc(/C(O)=C2\C(=O)C(=O)N(c3ccc(Cl)cc3)C2c2ccc(O)cc2)cc1. The summed E-state index contributed by atoms with van der Waals surface area (Å²) < 4.78 is 5.64. The van der Waals surface area contributed by atoms with Gasteiger partial charge in [0, 0.05) is 16.3 Å². The second-order valence-corrected chi connectivity index (χ2v) is 8.36. The molecule has 1 atom stereocenters. The van der Waals surface area contributed by atoms with Gasteiger partial charge in [-0.15, -0.1) is 0 Å². The smallest absolute Gasteiger partial charge is 0.300 e. The van der Waals surface area contributed by atoms with Gasteiger partial charge in [0.1, 0.15) is 17.3 Å². The molecule has 0 bridgehead atoms. The van der Waals surface area contributed by atoms with Gasteiger partial charge in [-0.2, -0.15) is 0 Å². The van der Waals surface area contributed by atoms with Crippen LogP contribution in [0.2, 0.25) is 5.02 Å². The van der Waals surface area contributed by atoms with Crippen molar-refractivity contribution >= 4 is 34.7 Å². The maximum atomic E-state index is 13.1. The van der Waals surface area contributed by atoms with Gasteiger partial charge in [0.05, 0.1) is 17.7 Å². The lowest BCUT2D eigenvalue weighted by atomic mass is 9.95. The zero-order valence-corrected chi connectivity index (χ0v) is 18.8. The fourth-order valence-electron chi connectivity index (χ4n) is 3.79. The quantitative estimate of drug-likeness (QED) is 0.298. The van der Waals surface area contributed by atoms with Crippen molar-refractivity contribution in [2.45, 2.75) is 26.0 Å². The zero-order chi connectivity index (χ0) is 23.7. The van der Waals surface area contributed by atoms with E-state index >= 15 is 0 Å². The van der Waals surface area contributed by atoms with E-state index in [0.29, 0.717) is 27.6 Å². The molecule has 3 aromatic carbocycles. The Hall–Kier alpha value is -3.77. The third kappa shape index (κ3) is 4.43. The molecule has 1 amide bonds. The molecular formula is C26H22ClNO5. The average Bonchev–Trinajstić information content (AvgIpc) is 3.05. The Morgan fingerprint density at radius 1 is 0.939 bits per heavy atom. The Kier molecular flexibility index (Phi) is 6.11. The molecule has 0 aromatic heterocycles. The van der Waals surface area contributed by atoms with Crippen molar-refractivity contribution in [3.8, 4) is 11.5 Å². The molecule has 3 aromatic rings. The molecule has 1 aliphatic rings. The molecule has 168 valence electrons. The maximum absolute atomic E-state index is 13.1. The number of halogens is 1. The van der Waals surface area contributed by atoms with Crippen molar-refractivity contribution in [2.75, 3.05) is 4.90 Å². The summed E-state index contributed by atoms with van der Waals surface area (Å²) in [5.41, 5.74) is 1.35. The van der Waals surface area contributed by atoms with Crippen LogP contribution in [0.1, 0.15) is 31.0 Å². The summed E-state index contributed by atoms with van der Waals surface area (Å²) in [6, 6.07) is 18.5.